The number of sulfonamides is 1. The van der Waals surface area contributed by atoms with Crippen molar-refractivity contribution >= 4 is 21.8 Å². The standard InChI is InChI=1S/C12H17N3O5S/c1-14-12(17)6-7-15-21(18,19)10-4-2-9(3-5-10)20-8-11(13)16/h2-5,15H,6-8H2,1H3,(H2,13,16)(H,14,17). The fraction of sp³-hybridized carbons (Fsp3) is 0.333. The number of carbonyl (C=O) groups is 2. The second-order valence-electron chi connectivity index (χ2n) is 4.05. The summed E-state index contributed by atoms with van der Waals surface area (Å²) in [6.07, 6.45) is 0.0511. The van der Waals surface area contributed by atoms with Crippen LogP contribution >= 0.6 is 0 Å². The van der Waals surface area contributed by atoms with Gasteiger partial charge in [0.1, 0.15) is 5.75 Å². The van der Waals surface area contributed by atoms with Crippen molar-refractivity contribution in [3.63, 3.8) is 0 Å². The Labute approximate surface area is 122 Å². The first-order valence-electron chi connectivity index (χ1n) is 6.06. The maximum Gasteiger partial charge on any atom is 0.255 e. The summed E-state index contributed by atoms with van der Waals surface area (Å²) >= 11 is 0. The normalized spacial score (nSPS) is 10.9. The predicted molar refractivity (Wildman–Crippen MR) is 75.0 cm³/mol. The molecule has 116 valence electrons. The first-order valence-corrected chi connectivity index (χ1v) is 7.55. The number of carbonyl (C=O) groups excluding carboxylic acids is 2. The Balaban J connectivity index is 2.62. The lowest BCUT2D eigenvalue weighted by atomic mass is 10.3. The number of nitrogens with two attached hydrogens (primary N) is 1. The van der Waals surface area contributed by atoms with Gasteiger partial charge in [0.05, 0.1) is 4.90 Å². The van der Waals surface area contributed by atoms with Gasteiger partial charge < -0.3 is 15.8 Å². The molecule has 1 aromatic rings. The third kappa shape index (κ3) is 5.79. The van der Waals surface area contributed by atoms with Crippen LogP contribution in [-0.4, -0.2) is 40.4 Å². The molecule has 0 atom stereocenters. The van der Waals surface area contributed by atoms with Gasteiger partial charge in [-0.05, 0) is 24.3 Å². The molecule has 0 aliphatic rings. The van der Waals surface area contributed by atoms with Crippen molar-refractivity contribution in [3.8, 4) is 5.75 Å². The Morgan fingerprint density at radius 2 is 1.86 bits per heavy atom. The van der Waals surface area contributed by atoms with E-state index in [2.05, 4.69) is 10.0 Å². The SMILES string of the molecule is CNC(=O)CCNS(=O)(=O)c1ccc(OCC(N)=O)cc1. The van der Waals surface area contributed by atoms with Crippen molar-refractivity contribution in [2.24, 2.45) is 5.73 Å². The predicted octanol–water partition coefficient (Wildman–Crippen LogP) is -1.03. The third-order valence-electron chi connectivity index (χ3n) is 2.44. The number of hydrogen-bond donors (Lipinski definition) is 3. The number of hydrogen-bond acceptors (Lipinski definition) is 5. The van der Waals surface area contributed by atoms with Crippen molar-refractivity contribution in [2.45, 2.75) is 11.3 Å². The molecule has 0 bridgehead atoms. The van der Waals surface area contributed by atoms with Crippen LogP contribution in [0.2, 0.25) is 0 Å². The molecule has 0 aliphatic carbocycles. The molecule has 1 rings (SSSR count). The van der Waals surface area contributed by atoms with E-state index in [1.807, 2.05) is 0 Å². The first-order chi connectivity index (χ1) is 9.85. The Bertz CT molecular complexity index is 598. The summed E-state index contributed by atoms with van der Waals surface area (Å²) in [6, 6.07) is 5.49. The van der Waals surface area contributed by atoms with E-state index in [1.165, 1.54) is 31.3 Å². The largest absolute Gasteiger partial charge is 0.484 e. The Hall–Kier alpha value is -2.13. The molecule has 0 saturated carbocycles. The van der Waals surface area contributed by atoms with Gasteiger partial charge in [-0.15, -0.1) is 0 Å². The molecule has 0 unspecified atom stereocenters. The van der Waals surface area contributed by atoms with E-state index in [4.69, 9.17) is 10.5 Å². The van der Waals surface area contributed by atoms with Gasteiger partial charge in [-0.25, -0.2) is 13.1 Å². The summed E-state index contributed by atoms with van der Waals surface area (Å²) in [7, 11) is -2.22. The molecule has 0 aromatic heterocycles. The van der Waals surface area contributed by atoms with Crippen LogP contribution in [0.25, 0.3) is 0 Å². The number of primary amides is 1. The van der Waals surface area contributed by atoms with Gasteiger partial charge in [-0.3, -0.25) is 9.59 Å². The number of nitrogens with one attached hydrogen (secondary N) is 2. The molecule has 0 spiro atoms. The maximum absolute atomic E-state index is 11.9. The molecule has 4 N–H and O–H groups in total. The smallest absolute Gasteiger partial charge is 0.255 e. The molecule has 21 heavy (non-hydrogen) atoms. The van der Waals surface area contributed by atoms with Crippen molar-refractivity contribution in [2.75, 3.05) is 20.2 Å². The zero-order valence-corrected chi connectivity index (χ0v) is 12.3. The second kappa shape index (κ2) is 7.60. The van der Waals surface area contributed by atoms with E-state index in [-0.39, 0.29) is 30.4 Å². The highest BCUT2D eigenvalue weighted by Gasteiger charge is 2.14. The summed E-state index contributed by atoms with van der Waals surface area (Å²) in [5, 5.41) is 2.39. The van der Waals surface area contributed by atoms with E-state index in [0.29, 0.717) is 5.75 Å². The fourth-order valence-corrected chi connectivity index (χ4v) is 2.41. The zero-order valence-electron chi connectivity index (χ0n) is 11.5. The van der Waals surface area contributed by atoms with Gasteiger partial charge >= 0.3 is 0 Å². The maximum atomic E-state index is 11.9. The Kier molecular flexibility index (Phi) is 6.12. The van der Waals surface area contributed by atoms with E-state index in [9.17, 15) is 18.0 Å². The lowest BCUT2D eigenvalue weighted by Gasteiger charge is -2.08. The minimum atomic E-state index is -3.69. The molecule has 9 heteroatoms. The zero-order chi connectivity index (χ0) is 15.9. The Morgan fingerprint density at radius 3 is 2.38 bits per heavy atom. The second-order valence-corrected chi connectivity index (χ2v) is 5.81. The lowest BCUT2D eigenvalue weighted by molar-refractivity contribution is -0.121. The topological polar surface area (TPSA) is 128 Å². The van der Waals surface area contributed by atoms with E-state index >= 15 is 0 Å². The molecule has 0 aliphatic heterocycles. The van der Waals surface area contributed by atoms with Crippen molar-refractivity contribution in [1.82, 2.24) is 10.0 Å². The third-order valence-corrected chi connectivity index (χ3v) is 3.92. The summed E-state index contributed by atoms with van der Waals surface area (Å²) in [6.45, 7) is -0.279. The van der Waals surface area contributed by atoms with Crippen LogP contribution in [0.5, 0.6) is 5.75 Å². The molecular weight excluding hydrogens is 298 g/mol. The number of ether oxygens (including phenoxy) is 1. The minimum Gasteiger partial charge on any atom is -0.484 e. The van der Waals surface area contributed by atoms with E-state index < -0.39 is 15.9 Å². The highest BCUT2D eigenvalue weighted by Crippen LogP contribution is 2.15. The molecule has 1 aromatic carbocycles. The highest BCUT2D eigenvalue weighted by molar-refractivity contribution is 7.89. The number of amides is 2. The summed E-state index contributed by atoms with van der Waals surface area (Å²) < 4.78 is 31.2. The van der Waals surface area contributed by atoms with Crippen molar-refractivity contribution < 1.29 is 22.7 Å². The summed E-state index contributed by atoms with van der Waals surface area (Å²) in [5.74, 6) is -0.548. The monoisotopic (exact) mass is 315 g/mol. The highest BCUT2D eigenvalue weighted by atomic mass is 32.2. The van der Waals surface area contributed by atoms with E-state index in [0.717, 1.165) is 0 Å². The molecule has 0 radical (unpaired) electrons. The van der Waals surface area contributed by atoms with Gasteiger partial charge in [0, 0.05) is 20.0 Å². The van der Waals surface area contributed by atoms with Crippen LogP contribution in [0.4, 0.5) is 0 Å². The Morgan fingerprint density at radius 1 is 1.24 bits per heavy atom. The van der Waals surface area contributed by atoms with Crippen LogP contribution in [0.3, 0.4) is 0 Å². The molecule has 0 heterocycles. The number of benzene rings is 1. The van der Waals surface area contributed by atoms with Crippen molar-refractivity contribution in [1.29, 1.82) is 0 Å². The fourth-order valence-electron chi connectivity index (χ4n) is 1.38. The first kappa shape index (κ1) is 16.9. The molecular formula is C12H17N3O5S. The number of rotatable bonds is 8. The van der Waals surface area contributed by atoms with Gasteiger partial charge in [-0.1, -0.05) is 0 Å². The van der Waals surface area contributed by atoms with Gasteiger partial charge in [0.2, 0.25) is 15.9 Å². The van der Waals surface area contributed by atoms with Crippen LogP contribution in [-0.2, 0) is 19.6 Å². The quantitative estimate of drug-likeness (QED) is 0.565. The molecule has 0 fully saturated rings. The van der Waals surface area contributed by atoms with Crippen LogP contribution in [0, 0.1) is 0 Å². The van der Waals surface area contributed by atoms with Crippen molar-refractivity contribution in [3.05, 3.63) is 24.3 Å². The molecule has 0 saturated heterocycles. The van der Waals surface area contributed by atoms with Crippen LogP contribution in [0.15, 0.2) is 29.2 Å². The van der Waals surface area contributed by atoms with Crippen LogP contribution < -0.4 is 20.5 Å². The van der Waals surface area contributed by atoms with Crippen LogP contribution in [0.1, 0.15) is 6.42 Å². The molecule has 8 nitrogen and oxygen atoms in total. The average Bonchev–Trinajstić information content (AvgIpc) is 2.45. The average molecular weight is 315 g/mol. The minimum absolute atomic E-state index is 0.00192. The molecule has 2 amide bonds. The van der Waals surface area contributed by atoms with E-state index in [1.54, 1.807) is 0 Å². The van der Waals surface area contributed by atoms with Gasteiger partial charge in [-0.2, -0.15) is 0 Å². The summed E-state index contributed by atoms with van der Waals surface area (Å²) in [5.41, 5.74) is 4.93. The van der Waals surface area contributed by atoms with Gasteiger partial charge in [0.15, 0.2) is 6.61 Å². The van der Waals surface area contributed by atoms with Gasteiger partial charge in [0.25, 0.3) is 5.91 Å². The lowest BCUT2D eigenvalue weighted by Crippen LogP contribution is -2.29. The summed E-state index contributed by atoms with van der Waals surface area (Å²) in [4.78, 5) is 21.6.